The molecule has 5 heteroatoms. The topological polar surface area (TPSA) is 75.6 Å². The number of ether oxygens (including phenoxy) is 1. The highest BCUT2D eigenvalue weighted by atomic mass is 16.5. The van der Waals surface area contributed by atoms with Crippen molar-refractivity contribution in [2.45, 2.75) is 37.8 Å². The molecule has 0 unspecified atom stereocenters. The van der Waals surface area contributed by atoms with E-state index in [1.54, 1.807) is 30.3 Å². The summed E-state index contributed by atoms with van der Waals surface area (Å²) in [5.41, 5.74) is 0.550. The van der Waals surface area contributed by atoms with Crippen molar-refractivity contribution in [1.29, 1.82) is 0 Å². The zero-order valence-electron chi connectivity index (χ0n) is 11.2. The zero-order valence-corrected chi connectivity index (χ0v) is 11.2. The molecule has 1 aromatic carbocycles. The molecule has 1 amide bonds. The molecule has 5 nitrogen and oxygen atoms in total. The van der Waals surface area contributed by atoms with Gasteiger partial charge in [-0.3, -0.25) is 4.79 Å². The Balaban J connectivity index is 1.87. The number of amides is 1. The molecule has 1 aliphatic rings. The highest BCUT2D eigenvalue weighted by molar-refractivity contribution is 5.85. The molecule has 2 N–H and O–H groups in total. The summed E-state index contributed by atoms with van der Waals surface area (Å²) in [6, 6.07) is 7.61. The number of aliphatic carboxylic acids is 1. The van der Waals surface area contributed by atoms with Gasteiger partial charge < -0.3 is 15.2 Å². The van der Waals surface area contributed by atoms with E-state index in [9.17, 15) is 14.7 Å². The third-order valence-electron chi connectivity index (χ3n) is 3.44. The van der Waals surface area contributed by atoms with Gasteiger partial charge in [-0.05, 0) is 18.4 Å². The number of carbonyl (C=O) groups excluding carboxylic acids is 1. The number of hydrogen-bond acceptors (Lipinski definition) is 3. The molecule has 0 aliphatic heterocycles. The first-order chi connectivity index (χ1) is 9.66. The fourth-order valence-corrected chi connectivity index (χ4v) is 2.38. The van der Waals surface area contributed by atoms with Crippen molar-refractivity contribution in [3.63, 3.8) is 0 Å². The monoisotopic (exact) mass is 277 g/mol. The van der Waals surface area contributed by atoms with Crippen LogP contribution in [0.2, 0.25) is 0 Å². The fraction of sp³-hybridized carbons (Fsp3) is 0.467. The number of hydrogen-bond donors (Lipinski definition) is 2. The van der Waals surface area contributed by atoms with Gasteiger partial charge in [0.25, 0.3) is 0 Å². The Labute approximate surface area is 117 Å². The van der Waals surface area contributed by atoms with E-state index in [4.69, 9.17) is 4.74 Å². The quantitative estimate of drug-likeness (QED) is 0.832. The molecular formula is C15H19NO4. The molecule has 0 aromatic heterocycles. The molecule has 108 valence electrons. The van der Waals surface area contributed by atoms with E-state index >= 15 is 0 Å². The second kappa shape index (κ2) is 7.05. The Morgan fingerprint density at radius 2 is 1.90 bits per heavy atom. The Bertz CT molecular complexity index is 454. The van der Waals surface area contributed by atoms with Crippen LogP contribution < -0.4 is 5.32 Å². The van der Waals surface area contributed by atoms with Crippen molar-refractivity contribution >= 4 is 11.9 Å². The van der Waals surface area contributed by atoms with Crippen LogP contribution in [0.3, 0.4) is 0 Å². The summed E-state index contributed by atoms with van der Waals surface area (Å²) in [6.07, 6.45) is 4.37. The summed E-state index contributed by atoms with van der Waals surface area (Å²) in [5.74, 6) is -1.47. The first-order valence-electron chi connectivity index (χ1n) is 6.85. The maximum absolute atomic E-state index is 11.8. The van der Waals surface area contributed by atoms with E-state index in [1.807, 2.05) is 0 Å². The lowest BCUT2D eigenvalue weighted by atomic mass is 10.1. The van der Waals surface area contributed by atoms with E-state index in [0.29, 0.717) is 5.56 Å². The lowest BCUT2D eigenvalue weighted by Gasteiger charge is -2.16. The van der Waals surface area contributed by atoms with Gasteiger partial charge >= 0.3 is 5.97 Å². The molecule has 1 fully saturated rings. The van der Waals surface area contributed by atoms with Gasteiger partial charge in [0.1, 0.15) is 6.61 Å². The summed E-state index contributed by atoms with van der Waals surface area (Å²) < 4.78 is 5.48. The number of benzene rings is 1. The van der Waals surface area contributed by atoms with Crippen LogP contribution in [-0.4, -0.2) is 29.7 Å². The Morgan fingerprint density at radius 3 is 2.50 bits per heavy atom. The van der Waals surface area contributed by atoms with Crippen molar-refractivity contribution in [1.82, 2.24) is 5.32 Å². The second-order valence-electron chi connectivity index (χ2n) is 4.97. The number of carboxylic acid groups (broad SMARTS) is 1. The van der Waals surface area contributed by atoms with Crippen LogP contribution in [0.1, 0.15) is 37.3 Å². The molecular weight excluding hydrogens is 258 g/mol. The van der Waals surface area contributed by atoms with Crippen molar-refractivity contribution in [3.8, 4) is 0 Å². The van der Waals surface area contributed by atoms with Gasteiger partial charge in [0, 0.05) is 0 Å². The van der Waals surface area contributed by atoms with Crippen molar-refractivity contribution < 1.29 is 19.4 Å². The minimum Gasteiger partial charge on any atom is -0.479 e. The smallest absolute Gasteiger partial charge is 0.330 e. The van der Waals surface area contributed by atoms with Crippen LogP contribution in [0.25, 0.3) is 0 Å². The van der Waals surface area contributed by atoms with Crippen LogP contribution in [0, 0.1) is 0 Å². The minimum atomic E-state index is -1.08. The number of carbonyl (C=O) groups is 2. The summed E-state index contributed by atoms with van der Waals surface area (Å²) in [6.45, 7) is -0.0821. The minimum absolute atomic E-state index is 0.0821. The third-order valence-corrected chi connectivity index (χ3v) is 3.44. The first kappa shape index (κ1) is 14.5. The van der Waals surface area contributed by atoms with Crippen molar-refractivity contribution in [3.05, 3.63) is 35.9 Å². The number of nitrogens with one attached hydrogen (secondary N) is 1. The van der Waals surface area contributed by atoms with E-state index < -0.39 is 17.9 Å². The lowest BCUT2D eigenvalue weighted by molar-refractivity contribution is -0.143. The average molecular weight is 277 g/mol. The third kappa shape index (κ3) is 4.06. The van der Waals surface area contributed by atoms with Crippen LogP contribution in [0.5, 0.6) is 0 Å². The molecule has 0 radical (unpaired) electrons. The number of carboxylic acids is 1. The Kier molecular flexibility index (Phi) is 5.12. The fourth-order valence-electron chi connectivity index (χ4n) is 2.38. The van der Waals surface area contributed by atoms with Gasteiger partial charge in [-0.2, -0.15) is 0 Å². The van der Waals surface area contributed by atoms with Crippen LogP contribution in [-0.2, 0) is 14.3 Å². The molecule has 1 aromatic rings. The SMILES string of the molecule is O=C(COC1CCCC1)N[C@H](C(=O)O)c1ccccc1. The van der Waals surface area contributed by atoms with E-state index in [-0.39, 0.29) is 12.7 Å². The highest BCUT2D eigenvalue weighted by Crippen LogP contribution is 2.20. The van der Waals surface area contributed by atoms with Crippen molar-refractivity contribution in [2.75, 3.05) is 6.61 Å². The van der Waals surface area contributed by atoms with Gasteiger partial charge in [0.15, 0.2) is 6.04 Å². The molecule has 0 heterocycles. The normalized spacial score (nSPS) is 16.8. The number of rotatable bonds is 6. The maximum Gasteiger partial charge on any atom is 0.330 e. The largest absolute Gasteiger partial charge is 0.479 e. The van der Waals surface area contributed by atoms with Gasteiger partial charge in [-0.25, -0.2) is 4.79 Å². The van der Waals surface area contributed by atoms with Gasteiger partial charge in [-0.1, -0.05) is 43.2 Å². The summed E-state index contributed by atoms with van der Waals surface area (Å²) in [4.78, 5) is 23.0. The summed E-state index contributed by atoms with van der Waals surface area (Å²) in [7, 11) is 0. The molecule has 2 rings (SSSR count). The molecule has 0 bridgehead atoms. The van der Waals surface area contributed by atoms with E-state index in [2.05, 4.69) is 5.32 Å². The lowest BCUT2D eigenvalue weighted by Crippen LogP contribution is -2.36. The highest BCUT2D eigenvalue weighted by Gasteiger charge is 2.23. The van der Waals surface area contributed by atoms with Gasteiger partial charge in [0.05, 0.1) is 6.10 Å². The Hall–Kier alpha value is -1.88. The first-order valence-corrected chi connectivity index (χ1v) is 6.85. The molecule has 0 saturated heterocycles. The molecule has 20 heavy (non-hydrogen) atoms. The average Bonchev–Trinajstić information content (AvgIpc) is 2.96. The Morgan fingerprint density at radius 1 is 1.25 bits per heavy atom. The molecule has 1 saturated carbocycles. The second-order valence-corrected chi connectivity index (χ2v) is 4.97. The van der Waals surface area contributed by atoms with Gasteiger partial charge in [0.2, 0.25) is 5.91 Å². The van der Waals surface area contributed by atoms with E-state index in [0.717, 1.165) is 25.7 Å². The van der Waals surface area contributed by atoms with Crippen LogP contribution in [0.15, 0.2) is 30.3 Å². The zero-order chi connectivity index (χ0) is 14.4. The van der Waals surface area contributed by atoms with E-state index in [1.165, 1.54) is 0 Å². The molecule has 1 aliphatic carbocycles. The van der Waals surface area contributed by atoms with Crippen molar-refractivity contribution in [2.24, 2.45) is 0 Å². The predicted molar refractivity (Wildman–Crippen MR) is 73.2 cm³/mol. The summed E-state index contributed by atoms with van der Waals surface area (Å²) >= 11 is 0. The predicted octanol–water partition coefficient (Wildman–Crippen LogP) is 1.89. The summed E-state index contributed by atoms with van der Waals surface area (Å²) in [5, 5.41) is 11.7. The molecule has 1 atom stereocenters. The van der Waals surface area contributed by atoms with Gasteiger partial charge in [-0.15, -0.1) is 0 Å². The van der Waals surface area contributed by atoms with Crippen LogP contribution >= 0.6 is 0 Å². The van der Waals surface area contributed by atoms with Crippen LogP contribution in [0.4, 0.5) is 0 Å². The molecule has 0 spiro atoms. The standard InChI is InChI=1S/C15H19NO4/c17-13(10-20-12-8-4-5-9-12)16-14(15(18)19)11-6-2-1-3-7-11/h1-3,6-7,12,14H,4-5,8-10H2,(H,16,17)(H,18,19)/t14-/m0/s1. The maximum atomic E-state index is 11.8.